The maximum absolute atomic E-state index is 12.0. The standard InChI is InChI=1S/C16H32N2O2/c1-12(14-6-5-11-20-14)18-15(19)8-7-13(9-10-17)16(2,3)4/h12-14H,5-11,17H2,1-4H3,(H,18,19). The van der Waals surface area contributed by atoms with Gasteiger partial charge in [0, 0.05) is 13.0 Å². The van der Waals surface area contributed by atoms with E-state index in [-0.39, 0.29) is 23.5 Å². The van der Waals surface area contributed by atoms with Crippen molar-refractivity contribution in [1.82, 2.24) is 5.32 Å². The number of amides is 1. The van der Waals surface area contributed by atoms with Gasteiger partial charge < -0.3 is 15.8 Å². The fraction of sp³-hybridized carbons (Fsp3) is 0.938. The van der Waals surface area contributed by atoms with E-state index >= 15 is 0 Å². The lowest BCUT2D eigenvalue weighted by atomic mass is 9.76. The van der Waals surface area contributed by atoms with E-state index in [1.54, 1.807) is 0 Å². The molecular formula is C16H32N2O2. The second kappa shape index (κ2) is 7.99. The number of hydrogen-bond acceptors (Lipinski definition) is 3. The SMILES string of the molecule is CC(NC(=O)CCC(CCN)C(C)(C)C)C1CCCO1. The number of hydrogen-bond donors (Lipinski definition) is 2. The van der Waals surface area contributed by atoms with Gasteiger partial charge in [0.2, 0.25) is 5.91 Å². The smallest absolute Gasteiger partial charge is 0.220 e. The summed E-state index contributed by atoms with van der Waals surface area (Å²) in [5, 5.41) is 3.08. The zero-order chi connectivity index (χ0) is 15.2. The Morgan fingerprint density at radius 1 is 1.40 bits per heavy atom. The average molecular weight is 284 g/mol. The van der Waals surface area contributed by atoms with E-state index < -0.39 is 0 Å². The Balaban J connectivity index is 2.33. The van der Waals surface area contributed by atoms with Crippen molar-refractivity contribution in [2.45, 2.75) is 71.9 Å². The Kier molecular flexibility index (Phi) is 6.96. The molecule has 1 saturated heterocycles. The van der Waals surface area contributed by atoms with E-state index in [4.69, 9.17) is 10.5 Å². The highest BCUT2D eigenvalue weighted by Gasteiger charge is 2.26. The lowest BCUT2D eigenvalue weighted by Crippen LogP contribution is -2.41. The summed E-state index contributed by atoms with van der Waals surface area (Å²) in [6.07, 6.45) is 4.83. The zero-order valence-electron chi connectivity index (χ0n) is 13.6. The molecule has 0 aromatic heterocycles. The Morgan fingerprint density at radius 2 is 2.10 bits per heavy atom. The second-order valence-corrected chi connectivity index (χ2v) is 7.09. The van der Waals surface area contributed by atoms with Crippen molar-refractivity contribution in [1.29, 1.82) is 0 Å². The van der Waals surface area contributed by atoms with Crippen LogP contribution < -0.4 is 11.1 Å². The monoisotopic (exact) mass is 284 g/mol. The molecule has 3 N–H and O–H groups in total. The van der Waals surface area contributed by atoms with Crippen LogP contribution in [0.15, 0.2) is 0 Å². The van der Waals surface area contributed by atoms with Crippen LogP contribution in [0.25, 0.3) is 0 Å². The summed E-state index contributed by atoms with van der Waals surface area (Å²) in [6, 6.07) is 0.118. The van der Waals surface area contributed by atoms with E-state index in [0.29, 0.717) is 18.9 Å². The first-order valence-corrected chi connectivity index (χ1v) is 7.95. The third-order valence-corrected chi connectivity index (χ3v) is 4.37. The highest BCUT2D eigenvalue weighted by atomic mass is 16.5. The summed E-state index contributed by atoms with van der Waals surface area (Å²) in [6.45, 7) is 10.2. The molecule has 0 radical (unpaired) electrons. The van der Waals surface area contributed by atoms with E-state index in [1.807, 2.05) is 6.92 Å². The minimum Gasteiger partial charge on any atom is -0.376 e. The normalized spacial score (nSPS) is 22.6. The summed E-state index contributed by atoms with van der Waals surface area (Å²) in [4.78, 5) is 12.0. The second-order valence-electron chi connectivity index (χ2n) is 7.09. The predicted molar refractivity (Wildman–Crippen MR) is 82.4 cm³/mol. The third-order valence-electron chi connectivity index (χ3n) is 4.37. The molecule has 1 rings (SSSR count). The number of rotatable bonds is 7. The number of carbonyl (C=O) groups excluding carboxylic acids is 1. The maximum Gasteiger partial charge on any atom is 0.220 e. The number of ether oxygens (including phenoxy) is 1. The number of nitrogens with one attached hydrogen (secondary N) is 1. The Morgan fingerprint density at radius 3 is 2.60 bits per heavy atom. The van der Waals surface area contributed by atoms with Crippen molar-refractivity contribution in [2.75, 3.05) is 13.2 Å². The van der Waals surface area contributed by atoms with Crippen LogP contribution in [0.3, 0.4) is 0 Å². The first kappa shape index (κ1) is 17.4. The Labute approximate surface area is 123 Å². The summed E-state index contributed by atoms with van der Waals surface area (Å²) < 4.78 is 5.60. The molecule has 0 saturated carbocycles. The highest BCUT2D eigenvalue weighted by molar-refractivity contribution is 5.76. The van der Waals surface area contributed by atoms with Crippen molar-refractivity contribution < 1.29 is 9.53 Å². The Hall–Kier alpha value is -0.610. The first-order chi connectivity index (χ1) is 9.34. The predicted octanol–water partition coefficient (Wildman–Crippen LogP) is 2.46. The quantitative estimate of drug-likeness (QED) is 0.755. The molecule has 4 nitrogen and oxygen atoms in total. The van der Waals surface area contributed by atoms with Crippen molar-refractivity contribution in [3.8, 4) is 0 Å². The van der Waals surface area contributed by atoms with Crippen LogP contribution in [0, 0.1) is 11.3 Å². The van der Waals surface area contributed by atoms with Crippen molar-refractivity contribution in [3.63, 3.8) is 0 Å². The van der Waals surface area contributed by atoms with Gasteiger partial charge in [0.1, 0.15) is 0 Å². The molecule has 1 fully saturated rings. The van der Waals surface area contributed by atoms with Gasteiger partial charge in [0.25, 0.3) is 0 Å². The van der Waals surface area contributed by atoms with Gasteiger partial charge in [-0.05, 0) is 50.5 Å². The molecule has 0 bridgehead atoms. The topological polar surface area (TPSA) is 64.4 Å². The van der Waals surface area contributed by atoms with E-state index in [0.717, 1.165) is 32.3 Å². The zero-order valence-corrected chi connectivity index (χ0v) is 13.6. The molecular weight excluding hydrogens is 252 g/mol. The third kappa shape index (κ3) is 5.80. The molecule has 3 unspecified atom stereocenters. The van der Waals surface area contributed by atoms with Gasteiger partial charge in [0.15, 0.2) is 0 Å². The van der Waals surface area contributed by atoms with E-state index in [1.165, 1.54) is 0 Å². The largest absolute Gasteiger partial charge is 0.376 e. The van der Waals surface area contributed by atoms with Crippen LogP contribution in [-0.2, 0) is 9.53 Å². The van der Waals surface area contributed by atoms with E-state index in [2.05, 4.69) is 26.1 Å². The number of nitrogens with two attached hydrogens (primary N) is 1. The van der Waals surface area contributed by atoms with Crippen molar-refractivity contribution >= 4 is 5.91 Å². The molecule has 1 aliphatic heterocycles. The fourth-order valence-electron chi connectivity index (χ4n) is 2.93. The van der Waals surface area contributed by atoms with Gasteiger partial charge in [-0.15, -0.1) is 0 Å². The lowest BCUT2D eigenvalue weighted by Gasteiger charge is -2.30. The van der Waals surface area contributed by atoms with Crippen molar-refractivity contribution in [2.24, 2.45) is 17.1 Å². The molecule has 0 aromatic rings. The molecule has 20 heavy (non-hydrogen) atoms. The molecule has 0 aliphatic carbocycles. The summed E-state index contributed by atoms with van der Waals surface area (Å²) >= 11 is 0. The fourth-order valence-corrected chi connectivity index (χ4v) is 2.93. The van der Waals surface area contributed by atoms with Crippen LogP contribution in [0.4, 0.5) is 0 Å². The lowest BCUT2D eigenvalue weighted by molar-refractivity contribution is -0.123. The van der Waals surface area contributed by atoms with Gasteiger partial charge in [-0.1, -0.05) is 20.8 Å². The minimum absolute atomic E-state index is 0.118. The Bertz CT molecular complexity index is 293. The summed E-state index contributed by atoms with van der Waals surface area (Å²) in [5.41, 5.74) is 5.89. The molecule has 1 amide bonds. The molecule has 0 spiro atoms. The molecule has 1 heterocycles. The van der Waals surface area contributed by atoms with Crippen LogP contribution in [0.2, 0.25) is 0 Å². The van der Waals surface area contributed by atoms with Crippen molar-refractivity contribution in [3.05, 3.63) is 0 Å². The molecule has 0 aromatic carbocycles. The number of carbonyl (C=O) groups is 1. The van der Waals surface area contributed by atoms with Gasteiger partial charge in [-0.25, -0.2) is 0 Å². The summed E-state index contributed by atoms with van der Waals surface area (Å²) in [7, 11) is 0. The minimum atomic E-state index is 0.118. The highest BCUT2D eigenvalue weighted by Crippen LogP contribution is 2.32. The molecule has 3 atom stereocenters. The van der Waals surface area contributed by atoms with Crippen LogP contribution in [0.5, 0.6) is 0 Å². The van der Waals surface area contributed by atoms with Gasteiger partial charge in [0.05, 0.1) is 12.1 Å². The maximum atomic E-state index is 12.0. The summed E-state index contributed by atoms with van der Waals surface area (Å²) in [5.74, 6) is 0.635. The molecule has 4 heteroatoms. The molecule has 118 valence electrons. The van der Waals surface area contributed by atoms with Crippen LogP contribution in [0.1, 0.15) is 59.8 Å². The average Bonchev–Trinajstić information content (AvgIpc) is 2.86. The van der Waals surface area contributed by atoms with Crippen LogP contribution >= 0.6 is 0 Å². The van der Waals surface area contributed by atoms with E-state index in [9.17, 15) is 4.79 Å². The van der Waals surface area contributed by atoms with Gasteiger partial charge in [-0.2, -0.15) is 0 Å². The molecule has 1 aliphatic rings. The van der Waals surface area contributed by atoms with Gasteiger partial charge in [-0.3, -0.25) is 4.79 Å². The first-order valence-electron chi connectivity index (χ1n) is 7.95. The van der Waals surface area contributed by atoms with Crippen LogP contribution in [-0.4, -0.2) is 31.2 Å². The van der Waals surface area contributed by atoms with Gasteiger partial charge >= 0.3 is 0 Å².